The molecular formula is C31H48ClNO3S. The van der Waals surface area contributed by atoms with E-state index in [1.54, 1.807) is 0 Å². The first-order valence-electron chi connectivity index (χ1n) is 14.4. The van der Waals surface area contributed by atoms with Crippen LogP contribution in [-0.2, 0) is 4.79 Å². The van der Waals surface area contributed by atoms with Crippen molar-refractivity contribution in [2.24, 2.45) is 5.92 Å². The van der Waals surface area contributed by atoms with Crippen LogP contribution in [0.5, 0.6) is 11.5 Å². The summed E-state index contributed by atoms with van der Waals surface area (Å²) >= 11 is 2.02. The summed E-state index contributed by atoms with van der Waals surface area (Å²) in [5.41, 5.74) is 4.69. The quantitative estimate of drug-likeness (QED) is 0.158. The topological polar surface area (TPSA) is 38.8 Å². The van der Waals surface area contributed by atoms with Crippen LogP contribution in [-0.4, -0.2) is 47.6 Å². The minimum atomic E-state index is -0.304. The molecule has 2 unspecified atom stereocenters. The van der Waals surface area contributed by atoms with Gasteiger partial charge in [0.25, 0.3) is 0 Å². The summed E-state index contributed by atoms with van der Waals surface area (Å²) in [6.45, 7) is 14.5. The van der Waals surface area contributed by atoms with Crippen molar-refractivity contribution in [3.8, 4) is 11.5 Å². The van der Waals surface area contributed by atoms with Gasteiger partial charge >= 0.3 is 5.97 Å². The number of thioether (sulfide) groups is 1. The number of unbranched alkanes of at least 4 members (excludes halogenated alkanes) is 2. The Kier molecular flexibility index (Phi) is 11.3. The van der Waals surface area contributed by atoms with Gasteiger partial charge in [-0.2, -0.15) is 11.8 Å². The molecular weight excluding hydrogens is 502 g/mol. The van der Waals surface area contributed by atoms with Crippen LogP contribution in [0.25, 0.3) is 5.57 Å². The van der Waals surface area contributed by atoms with Crippen molar-refractivity contribution in [1.29, 1.82) is 0 Å². The number of ether oxygens (including phenoxy) is 2. The van der Waals surface area contributed by atoms with E-state index in [-0.39, 0.29) is 24.0 Å². The van der Waals surface area contributed by atoms with Gasteiger partial charge in [0.05, 0.1) is 5.56 Å². The van der Waals surface area contributed by atoms with Gasteiger partial charge in [-0.15, -0.1) is 12.4 Å². The summed E-state index contributed by atoms with van der Waals surface area (Å²) in [6, 6.07) is 4.40. The number of hydrogen-bond acceptors (Lipinski definition) is 5. The monoisotopic (exact) mass is 549 g/mol. The van der Waals surface area contributed by atoms with Crippen molar-refractivity contribution in [1.82, 2.24) is 4.90 Å². The second kappa shape index (κ2) is 13.8. The molecule has 2 aliphatic heterocycles. The number of allylic oxidation sites excluding steroid dienone is 1. The number of halogens is 1. The number of benzene rings is 1. The number of fused-ring (bicyclic) bond motifs is 2. The van der Waals surface area contributed by atoms with E-state index in [1.165, 1.54) is 53.9 Å². The summed E-state index contributed by atoms with van der Waals surface area (Å²) in [6.07, 6.45) is 9.58. The molecule has 1 aromatic carbocycles. The second-order valence-electron chi connectivity index (χ2n) is 11.6. The van der Waals surface area contributed by atoms with Gasteiger partial charge in [-0.05, 0) is 86.8 Å². The molecule has 6 heteroatoms. The van der Waals surface area contributed by atoms with Crippen LogP contribution in [0.4, 0.5) is 0 Å². The number of carbonyl (C=O) groups is 1. The van der Waals surface area contributed by atoms with E-state index in [0.717, 1.165) is 62.4 Å². The van der Waals surface area contributed by atoms with Gasteiger partial charge < -0.3 is 14.4 Å². The average Bonchev–Trinajstić information content (AvgIpc) is 3.35. The van der Waals surface area contributed by atoms with Crippen molar-refractivity contribution in [2.45, 2.75) is 104 Å². The lowest BCUT2D eigenvalue weighted by atomic mass is 9.82. The predicted molar refractivity (Wildman–Crippen MR) is 160 cm³/mol. The third-order valence-corrected chi connectivity index (χ3v) is 9.47. The van der Waals surface area contributed by atoms with Crippen LogP contribution >= 0.6 is 24.2 Å². The molecule has 0 saturated carbocycles. The molecule has 0 N–H and O–H groups in total. The summed E-state index contributed by atoms with van der Waals surface area (Å²) < 4.78 is 12.8. The Morgan fingerprint density at radius 1 is 1.14 bits per heavy atom. The van der Waals surface area contributed by atoms with Crippen molar-refractivity contribution < 1.29 is 14.3 Å². The van der Waals surface area contributed by atoms with Gasteiger partial charge in [-0.1, -0.05) is 46.5 Å². The van der Waals surface area contributed by atoms with Gasteiger partial charge in [-0.25, -0.2) is 0 Å². The molecule has 37 heavy (non-hydrogen) atoms. The summed E-state index contributed by atoms with van der Waals surface area (Å²) in [5, 5.41) is 0. The van der Waals surface area contributed by atoms with E-state index < -0.39 is 0 Å². The summed E-state index contributed by atoms with van der Waals surface area (Å²) in [4.78, 5) is 15.5. The molecule has 0 radical (unpaired) electrons. The van der Waals surface area contributed by atoms with Crippen LogP contribution in [0.2, 0.25) is 0 Å². The average molecular weight is 550 g/mol. The van der Waals surface area contributed by atoms with Crippen molar-refractivity contribution >= 4 is 35.7 Å². The first-order valence-corrected chi connectivity index (χ1v) is 15.6. The van der Waals surface area contributed by atoms with E-state index in [2.05, 4.69) is 51.7 Å². The summed E-state index contributed by atoms with van der Waals surface area (Å²) in [5.74, 6) is 4.86. The van der Waals surface area contributed by atoms with Crippen LogP contribution in [0, 0.1) is 5.92 Å². The molecule has 0 aromatic heterocycles. The second-order valence-corrected chi connectivity index (χ2v) is 12.8. The highest BCUT2D eigenvalue weighted by Crippen LogP contribution is 2.52. The molecule has 4 nitrogen and oxygen atoms in total. The first-order chi connectivity index (χ1) is 17.3. The fourth-order valence-corrected chi connectivity index (χ4v) is 7.07. The molecule has 1 saturated heterocycles. The Hall–Kier alpha value is -1.17. The minimum Gasteiger partial charge on any atom is -0.483 e. The fraction of sp³-hybridized carbons (Fsp3) is 0.710. The number of rotatable bonds is 11. The third kappa shape index (κ3) is 7.48. The highest BCUT2D eigenvalue weighted by molar-refractivity contribution is 7.99. The number of hydrogen-bond donors (Lipinski definition) is 0. The molecule has 2 atom stereocenters. The molecule has 4 rings (SSSR count). The Morgan fingerprint density at radius 3 is 2.62 bits per heavy atom. The van der Waals surface area contributed by atoms with E-state index in [0.29, 0.717) is 18.3 Å². The van der Waals surface area contributed by atoms with Gasteiger partial charge in [0.15, 0.2) is 0 Å². The standard InChI is InChI=1S/C31H47NO3S.ClH/c1-6-7-8-11-22(2)23(3)24-20-27(34-29(33)14-10-15-32-16-18-36-19-17-32)30-25-12-9-13-26(25)31(4,5)35-28(30)21-24;/h20-23H,6-19H2,1-5H3;1H. The SMILES string of the molecule is CCCCCC(C)C(C)c1cc(OC(=O)CCCN2CCSCC2)c2c(c1)OC(C)(C)C1=C2CCC1.Cl. The largest absolute Gasteiger partial charge is 0.483 e. The van der Waals surface area contributed by atoms with Gasteiger partial charge in [-0.3, -0.25) is 4.79 Å². The van der Waals surface area contributed by atoms with E-state index in [4.69, 9.17) is 9.47 Å². The Morgan fingerprint density at radius 2 is 1.89 bits per heavy atom. The Labute approximate surface area is 235 Å². The molecule has 1 aliphatic carbocycles. The van der Waals surface area contributed by atoms with Crippen LogP contribution in [0.15, 0.2) is 17.7 Å². The molecule has 0 bridgehead atoms. The van der Waals surface area contributed by atoms with E-state index in [9.17, 15) is 4.79 Å². The zero-order chi connectivity index (χ0) is 25.7. The van der Waals surface area contributed by atoms with E-state index >= 15 is 0 Å². The maximum absolute atomic E-state index is 13.0. The van der Waals surface area contributed by atoms with Crippen LogP contribution in [0.1, 0.15) is 109 Å². The molecule has 1 aromatic rings. The summed E-state index contributed by atoms with van der Waals surface area (Å²) in [7, 11) is 0. The molecule has 2 heterocycles. The number of nitrogens with zero attached hydrogens (tertiary/aromatic N) is 1. The normalized spacial score (nSPS) is 20.4. The van der Waals surface area contributed by atoms with Crippen LogP contribution in [0.3, 0.4) is 0 Å². The molecule has 1 fully saturated rings. The molecule has 0 spiro atoms. The first kappa shape index (κ1) is 30.4. The van der Waals surface area contributed by atoms with Gasteiger partial charge in [0.2, 0.25) is 0 Å². The number of carbonyl (C=O) groups excluding carboxylic acids is 1. The van der Waals surface area contributed by atoms with Gasteiger partial charge in [0, 0.05) is 31.0 Å². The minimum absolute atomic E-state index is 0. The zero-order valence-electron chi connectivity index (χ0n) is 23.7. The molecule has 208 valence electrons. The van der Waals surface area contributed by atoms with Crippen LogP contribution < -0.4 is 9.47 Å². The smallest absolute Gasteiger partial charge is 0.311 e. The number of esters is 1. The van der Waals surface area contributed by atoms with Gasteiger partial charge in [0.1, 0.15) is 17.1 Å². The molecule has 3 aliphatic rings. The molecule has 0 amide bonds. The highest BCUT2D eigenvalue weighted by Gasteiger charge is 2.39. The Balaban J connectivity index is 0.00000380. The lowest BCUT2D eigenvalue weighted by molar-refractivity contribution is -0.134. The lowest BCUT2D eigenvalue weighted by Gasteiger charge is -2.36. The predicted octanol–water partition coefficient (Wildman–Crippen LogP) is 8.27. The van der Waals surface area contributed by atoms with Crippen molar-refractivity contribution in [2.75, 3.05) is 31.1 Å². The lowest BCUT2D eigenvalue weighted by Crippen LogP contribution is -2.34. The highest BCUT2D eigenvalue weighted by atomic mass is 35.5. The maximum Gasteiger partial charge on any atom is 0.311 e. The van der Waals surface area contributed by atoms with Crippen molar-refractivity contribution in [3.05, 3.63) is 28.8 Å². The zero-order valence-corrected chi connectivity index (χ0v) is 25.3. The van der Waals surface area contributed by atoms with E-state index in [1.807, 2.05) is 11.8 Å². The Bertz CT molecular complexity index is 954. The van der Waals surface area contributed by atoms with Crippen molar-refractivity contribution in [3.63, 3.8) is 0 Å². The maximum atomic E-state index is 13.0. The fourth-order valence-electron chi connectivity index (χ4n) is 6.09. The third-order valence-electron chi connectivity index (χ3n) is 8.52.